The van der Waals surface area contributed by atoms with Crippen molar-refractivity contribution in [3.05, 3.63) is 75.8 Å². The normalized spacial score (nSPS) is 14.6. The molecule has 0 amide bonds. The van der Waals surface area contributed by atoms with Gasteiger partial charge < -0.3 is 9.26 Å². The maximum Gasteiger partial charge on any atom is 0.434 e. The zero-order chi connectivity index (χ0) is 28.9. The smallest absolute Gasteiger partial charge is 0.434 e. The molecule has 0 radical (unpaired) electrons. The van der Waals surface area contributed by atoms with Crippen LogP contribution in [0.5, 0.6) is 0 Å². The van der Waals surface area contributed by atoms with Crippen LogP contribution >= 0.6 is 23.2 Å². The van der Waals surface area contributed by atoms with E-state index in [4.69, 9.17) is 34.6 Å². The molecule has 2 aromatic heterocycles. The molecule has 0 saturated carbocycles. The molecule has 34 heavy (non-hydrogen) atoms. The van der Waals surface area contributed by atoms with Gasteiger partial charge in [-0.05, 0) is 37.2 Å². The minimum Gasteiger partial charge on any atom is -0.462 e. The molecule has 0 aliphatic carbocycles. The topological polar surface area (TPSA) is 70.2 Å². The number of carbonyl (C=O) groups is 1. The Kier molecular flexibility index (Phi) is 4.83. The fraction of sp³-hybridized carbons (Fsp3) is 0.136. The first-order chi connectivity index (χ1) is 18.0. The summed E-state index contributed by atoms with van der Waals surface area (Å²) in [4.78, 5) is 13.2. The monoisotopic (exact) mass is 518 g/mol. The molecule has 0 aliphatic heterocycles. The molecule has 0 spiro atoms. The van der Waals surface area contributed by atoms with Crippen molar-refractivity contribution in [3.8, 4) is 28.3 Å². The van der Waals surface area contributed by atoms with E-state index in [1.165, 1.54) is 36.4 Å². The predicted molar refractivity (Wildman–Crippen MR) is 115 cm³/mol. The van der Waals surface area contributed by atoms with E-state index >= 15 is 0 Å². The van der Waals surface area contributed by atoms with Gasteiger partial charge in [0.05, 0.1) is 37.3 Å². The number of halogens is 6. The molecule has 4 rings (SSSR count). The first kappa shape index (κ1) is 18.0. The summed E-state index contributed by atoms with van der Waals surface area (Å²) in [6.07, 6.45) is -4.46. The molecule has 0 atom stereocenters. The average Bonchev–Trinajstić information content (AvgIpc) is 3.42. The Morgan fingerprint density at radius 1 is 1.26 bits per heavy atom. The van der Waals surface area contributed by atoms with Crippen LogP contribution in [-0.4, -0.2) is 27.5 Å². The second-order valence-electron chi connectivity index (χ2n) is 6.62. The van der Waals surface area contributed by atoms with Crippen molar-refractivity contribution in [2.24, 2.45) is 0 Å². The third-order valence-electron chi connectivity index (χ3n) is 4.57. The van der Waals surface area contributed by atoms with Crippen molar-refractivity contribution in [3.63, 3.8) is 0 Å². The van der Waals surface area contributed by atoms with Crippen molar-refractivity contribution in [2.75, 3.05) is 6.56 Å². The maximum atomic E-state index is 14.8. The number of carbonyl (C=O) groups excluding carboxylic acids is 1. The first-order valence-corrected chi connectivity index (χ1v) is 9.87. The van der Waals surface area contributed by atoms with Crippen LogP contribution in [0.25, 0.3) is 28.3 Å². The predicted octanol–water partition coefficient (Wildman–Crippen LogP) is 6.84. The number of nitrogens with zero attached hydrogens (tertiary/aromatic N) is 3. The molecule has 4 aromatic rings. The summed E-state index contributed by atoms with van der Waals surface area (Å²) in [5.41, 5.74) is -4.85. The molecule has 2 heterocycles. The van der Waals surface area contributed by atoms with Gasteiger partial charge in [-0.1, -0.05) is 40.5 Å². The zero-order valence-electron chi connectivity index (χ0n) is 21.5. The average molecular weight is 519 g/mol. The summed E-state index contributed by atoms with van der Waals surface area (Å²) in [5, 5.41) is 7.01. The molecular weight excluding hydrogens is 501 g/mol. The fourth-order valence-corrected chi connectivity index (χ4v) is 3.68. The Hall–Kier alpha value is -3.37. The molecule has 0 fully saturated rings. The molecule has 176 valence electrons. The highest BCUT2D eigenvalue weighted by molar-refractivity contribution is 6.33. The van der Waals surface area contributed by atoms with Gasteiger partial charge in [-0.15, -0.1) is 0 Å². The van der Waals surface area contributed by atoms with Crippen molar-refractivity contribution >= 4 is 29.2 Å². The van der Waals surface area contributed by atoms with Gasteiger partial charge >= 0.3 is 12.1 Å². The van der Waals surface area contributed by atoms with Gasteiger partial charge in [0.15, 0.2) is 11.5 Å². The van der Waals surface area contributed by atoms with Gasteiger partial charge in [0.2, 0.25) is 0 Å². The SMILES string of the molecule is [2H]C([2H])([2H])C([2H])([2H])OC(=O)c1c(-c2c(F)cccc2Cl)noc1-c1cnn(-c2cccc(Cl)c2)c1C(F)(F)F. The lowest BCUT2D eigenvalue weighted by Crippen LogP contribution is -2.15. The lowest BCUT2D eigenvalue weighted by molar-refractivity contribution is -0.142. The Morgan fingerprint density at radius 3 is 2.71 bits per heavy atom. The quantitative estimate of drug-likeness (QED) is 0.214. The van der Waals surface area contributed by atoms with Gasteiger partial charge in [-0.25, -0.2) is 13.9 Å². The van der Waals surface area contributed by atoms with E-state index in [0.29, 0.717) is 10.9 Å². The lowest BCUT2D eigenvalue weighted by atomic mass is 10.0. The van der Waals surface area contributed by atoms with Gasteiger partial charge in [-0.3, -0.25) is 0 Å². The van der Waals surface area contributed by atoms with Crippen LogP contribution in [0.4, 0.5) is 17.6 Å². The zero-order valence-corrected chi connectivity index (χ0v) is 18.0. The van der Waals surface area contributed by atoms with Crippen LogP contribution in [0.2, 0.25) is 10.0 Å². The molecule has 2 aromatic carbocycles. The van der Waals surface area contributed by atoms with Crippen LogP contribution < -0.4 is 0 Å². The van der Waals surface area contributed by atoms with Crippen molar-refractivity contribution < 1.29 is 38.5 Å². The molecule has 0 aliphatic rings. The second kappa shape index (κ2) is 9.11. The number of benzene rings is 2. The van der Waals surface area contributed by atoms with Crippen LogP contribution in [0.3, 0.4) is 0 Å². The Balaban J connectivity index is 2.01. The minimum atomic E-state index is -5.13. The molecule has 6 nitrogen and oxygen atoms in total. The van der Waals surface area contributed by atoms with Crippen molar-refractivity contribution in [1.29, 1.82) is 0 Å². The molecule has 0 bridgehead atoms. The van der Waals surface area contributed by atoms with E-state index in [-0.39, 0.29) is 15.7 Å². The number of esters is 1. The third kappa shape index (κ3) is 4.26. The lowest BCUT2D eigenvalue weighted by Gasteiger charge is -2.12. The summed E-state index contributed by atoms with van der Waals surface area (Å²) < 4.78 is 105. The highest BCUT2D eigenvalue weighted by Crippen LogP contribution is 2.43. The summed E-state index contributed by atoms with van der Waals surface area (Å²) in [7, 11) is 0. The standard InChI is InChI=1S/C22H13Cl2F4N3O3/c1-2-33-21(32)17-18(16-14(24)7-4-8-15(16)25)30-34-19(17)13-10-29-31(20(13)22(26,27)28)12-6-3-5-11(23)9-12/h3-10H,2H2,1H3/i1D3,2D2. The minimum absolute atomic E-state index is 0.0879. The largest absolute Gasteiger partial charge is 0.462 e. The summed E-state index contributed by atoms with van der Waals surface area (Å²) in [6, 6.07) is 8.52. The van der Waals surface area contributed by atoms with Crippen molar-refractivity contribution in [1.82, 2.24) is 14.9 Å². The molecule has 0 unspecified atom stereocenters. The number of aromatic nitrogens is 3. The fourth-order valence-electron chi connectivity index (χ4n) is 3.25. The summed E-state index contributed by atoms with van der Waals surface area (Å²) >= 11 is 12.0. The van der Waals surface area contributed by atoms with Crippen LogP contribution in [0.1, 0.15) is 29.8 Å². The van der Waals surface area contributed by atoms with Crippen molar-refractivity contribution in [2.45, 2.75) is 13.0 Å². The molecule has 0 N–H and O–H groups in total. The van der Waals surface area contributed by atoms with Crippen LogP contribution in [0.15, 0.2) is 53.2 Å². The number of alkyl halides is 3. The van der Waals surface area contributed by atoms with Crippen LogP contribution in [0, 0.1) is 5.82 Å². The number of hydrogen-bond donors (Lipinski definition) is 0. The molecule has 0 saturated heterocycles. The van der Waals surface area contributed by atoms with E-state index in [0.717, 1.165) is 6.07 Å². The van der Waals surface area contributed by atoms with E-state index in [9.17, 15) is 22.4 Å². The first-order valence-electron chi connectivity index (χ1n) is 11.6. The Bertz CT molecular complexity index is 1550. The molecule has 12 heteroatoms. The summed E-state index contributed by atoms with van der Waals surface area (Å²) in [5.74, 6) is -3.84. The maximum absolute atomic E-state index is 14.8. The van der Waals surface area contributed by atoms with Gasteiger partial charge in [0, 0.05) is 9.13 Å². The highest BCUT2D eigenvalue weighted by atomic mass is 35.5. The number of ether oxygens (including phenoxy) is 1. The number of rotatable bonds is 5. The second-order valence-corrected chi connectivity index (χ2v) is 7.46. The van der Waals surface area contributed by atoms with Gasteiger partial charge in [0.25, 0.3) is 0 Å². The van der Waals surface area contributed by atoms with E-state index in [1.54, 1.807) is 0 Å². The number of hydrogen-bond acceptors (Lipinski definition) is 5. The summed E-state index contributed by atoms with van der Waals surface area (Å²) in [6.45, 7) is -7.10. The van der Waals surface area contributed by atoms with Gasteiger partial charge in [-0.2, -0.15) is 18.3 Å². The molecular formula is C22H13Cl2F4N3O3. The van der Waals surface area contributed by atoms with E-state index in [1.807, 2.05) is 0 Å². The highest BCUT2D eigenvalue weighted by Gasteiger charge is 2.42. The Morgan fingerprint density at radius 2 is 2.03 bits per heavy atom. The van der Waals surface area contributed by atoms with Gasteiger partial charge in [0.1, 0.15) is 17.1 Å². The third-order valence-corrected chi connectivity index (χ3v) is 5.12. The van der Waals surface area contributed by atoms with E-state index in [2.05, 4.69) is 15.0 Å². The Labute approximate surface area is 206 Å². The van der Waals surface area contributed by atoms with Crippen LogP contribution in [-0.2, 0) is 10.9 Å². The van der Waals surface area contributed by atoms with E-state index < -0.39 is 65.2 Å².